The molecule has 3 aromatic rings. The van der Waals surface area contributed by atoms with Gasteiger partial charge in [-0.15, -0.1) is 0 Å². The first kappa shape index (κ1) is 18.1. The predicted molar refractivity (Wildman–Crippen MR) is 109 cm³/mol. The van der Waals surface area contributed by atoms with Gasteiger partial charge in [0.1, 0.15) is 6.61 Å². The number of carbonyl (C=O) groups is 2. The molecular formula is C22H23N3O3. The third-order valence-corrected chi connectivity index (χ3v) is 5.16. The van der Waals surface area contributed by atoms with Crippen molar-refractivity contribution in [3.05, 3.63) is 65.9 Å². The lowest BCUT2D eigenvalue weighted by Gasteiger charge is -2.18. The van der Waals surface area contributed by atoms with Gasteiger partial charge in [-0.1, -0.05) is 30.3 Å². The number of nitrogens with one attached hydrogen (secondary N) is 1. The Labute approximate surface area is 163 Å². The third-order valence-electron chi connectivity index (χ3n) is 5.16. The number of cyclic esters (lactones) is 1. The molecule has 1 aliphatic rings. The number of ether oxygens (including phenoxy) is 1. The van der Waals surface area contributed by atoms with Crippen LogP contribution in [0.5, 0.6) is 0 Å². The highest BCUT2D eigenvalue weighted by Gasteiger charge is 2.24. The van der Waals surface area contributed by atoms with Gasteiger partial charge in [0.25, 0.3) is 5.91 Å². The lowest BCUT2D eigenvalue weighted by atomic mass is 10.1. The molecule has 6 nitrogen and oxygen atoms in total. The summed E-state index contributed by atoms with van der Waals surface area (Å²) in [5.41, 5.74) is 3.44. The Bertz CT molecular complexity index is 1040. The van der Waals surface area contributed by atoms with E-state index in [1.54, 1.807) is 4.90 Å². The largest absolute Gasteiger partial charge is 0.447 e. The number of amides is 2. The van der Waals surface area contributed by atoms with Crippen LogP contribution < -0.4 is 10.2 Å². The Balaban J connectivity index is 1.56. The molecule has 0 radical (unpaired) electrons. The van der Waals surface area contributed by atoms with Crippen LogP contribution in [0.1, 0.15) is 35.8 Å². The lowest BCUT2D eigenvalue weighted by molar-refractivity contribution is 0.0941. The summed E-state index contributed by atoms with van der Waals surface area (Å²) in [5.74, 6) is -0.109. The number of benzene rings is 2. The van der Waals surface area contributed by atoms with Gasteiger partial charge in [-0.25, -0.2) is 4.79 Å². The average Bonchev–Trinajstić information content (AvgIpc) is 3.31. The number of aryl methyl sites for hydroxylation is 1. The molecule has 0 bridgehead atoms. The molecule has 144 valence electrons. The van der Waals surface area contributed by atoms with E-state index < -0.39 is 0 Å². The number of anilines is 1. The molecule has 2 aromatic carbocycles. The van der Waals surface area contributed by atoms with Gasteiger partial charge in [0.2, 0.25) is 0 Å². The topological polar surface area (TPSA) is 63.6 Å². The number of carbonyl (C=O) groups excluding carboxylic acids is 2. The number of aromatic nitrogens is 1. The van der Waals surface area contributed by atoms with E-state index in [0.29, 0.717) is 18.7 Å². The molecule has 1 N–H and O–H groups in total. The van der Waals surface area contributed by atoms with Crippen LogP contribution in [0.3, 0.4) is 0 Å². The normalized spacial score (nSPS) is 14.9. The minimum absolute atomic E-state index is 0.109. The van der Waals surface area contributed by atoms with Crippen molar-refractivity contribution >= 4 is 28.6 Å². The third kappa shape index (κ3) is 3.22. The first-order valence-electron chi connectivity index (χ1n) is 9.51. The maximum Gasteiger partial charge on any atom is 0.414 e. The summed E-state index contributed by atoms with van der Waals surface area (Å²) in [6.07, 6.45) is 1.57. The zero-order chi connectivity index (χ0) is 19.7. The highest BCUT2D eigenvalue weighted by atomic mass is 16.6. The van der Waals surface area contributed by atoms with E-state index in [4.69, 9.17) is 4.74 Å². The van der Waals surface area contributed by atoms with E-state index in [1.165, 1.54) is 0 Å². The van der Waals surface area contributed by atoms with E-state index in [0.717, 1.165) is 28.7 Å². The van der Waals surface area contributed by atoms with Gasteiger partial charge in [-0.05, 0) is 37.6 Å². The minimum atomic E-state index is -0.332. The number of hydrogen-bond acceptors (Lipinski definition) is 3. The molecule has 0 spiro atoms. The number of hydrogen-bond donors (Lipinski definition) is 1. The average molecular weight is 377 g/mol. The molecule has 1 aliphatic heterocycles. The van der Waals surface area contributed by atoms with Crippen LogP contribution in [0.2, 0.25) is 0 Å². The fraction of sp³-hybridized carbons (Fsp3) is 0.273. The Morgan fingerprint density at radius 1 is 1.21 bits per heavy atom. The van der Waals surface area contributed by atoms with Crippen molar-refractivity contribution in [2.24, 2.45) is 0 Å². The van der Waals surface area contributed by atoms with Gasteiger partial charge in [-0.3, -0.25) is 9.69 Å². The zero-order valence-electron chi connectivity index (χ0n) is 16.0. The summed E-state index contributed by atoms with van der Waals surface area (Å²) in [4.78, 5) is 26.4. The van der Waals surface area contributed by atoms with Crippen LogP contribution in [-0.4, -0.2) is 29.7 Å². The van der Waals surface area contributed by atoms with Gasteiger partial charge >= 0.3 is 6.09 Å². The Morgan fingerprint density at radius 2 is 2.04 bits per heavy atom. The number of rotatable bonds is 5. The molecule has 1 saturated heterocycles. The summed E-state index contributed by atoms with van der Waals surface area (Å²) < 4.78 is 7.09. The van der Waals surface area contributed by atoms with Crippen molar-refractivity contribution in [2.45, 2.75) is 26.4 Å². The molecule has 28 heavy (non-hydrogen) atoms. The van der Waals surface area contributed by atoms with E-state index >= 15 is 0 Å². The van der Waals surface area contributed by atoms with Crippen molar-refractivity contribution in [1.29, 1.82) is 0 Å². The molecule has 2 heterocycles. The quantitative estimate of drug-likeness (QED) is 0.728. The fourth-order valence-corrected chi connectivity index (χ4v) is 3.64. The number of nitrogens with zero attached hydrogens (tertiary/aromatic N) is 2. The van der Waals surface area contributed by atoms with E-state index in [1.807, 2.05) is 61.7 Å². The van der Waals surface area contributed by atoms with Crippen molar-refractivity contribution in [2.75, 3.05) is 18.1 Å². The SMILES string of the molecule is CCn1cc(C(=O)N[C@H](C)c2cccc(N3CCOC3=O)c2)c2ccccc21. The molecule has 0 saturated carbocycles. The molecular weight excluding hydrogens is 354 g/mol. The predicted octanol–water partition coefficient (Wildman–Crippen LogP) is 4.11. The molecule has 1 fully saturated rings. The van der Waals surface area contributed by atoms with Crippen LogP contribution in [-0.2, 0) is 11.3 Å². The molecule has 0 unspecified atom stereocenters. The highest BCUT2D eigenvalue weighted by Crippen LogP contribution is 2.25. The standard InChI is InChI=1S/C22H23N3O3/c1-3-24-14-19(18-9-4-5-10-20(18)24)21(26)23-15(2)16-7-6-8-17(13-16)25-11-12-28-22(25)27/h4-10,13-15H,3,11-12H2,1-2H3,(H,23,26)/t15-/m1/s1. The van der Waals surface area contributed by atoms with Crippen LogP contribution in [0.15, 0.2) is 54.7 Å². The second kappa shape index (κ2) is 7.38. The maximum atomic E-state index is 13.0. The molecule has 1 aromatic heterocycles. The summed E-state index contributed by atoms with van der Waals surface area (Å²) in [6, 6.07) is 15.4. The van der Waals surface area contributed by atoms with E-state index in [-0.39, 0.29) is 18.0 Å². The molecule has 6 heteroatoms. The summed E-state index contributed by atoms with van der Waals surface area (Å²) >= 11 is 0. The Hall–Kier alpha value is -3.28. The van der Waals surface area contributed by atoms with Crippen LogP contribution in [0, 0.1) is 0 Å². The van der Waals surface area contributed by atoms with Gasteiger partial charge in [0.05, 0.1) is 18.2 Å². The molecule has 0 aliphatic carbocycles. The smallest absolute Gasteiger partial charge is 0.414 e. The summed E-state index contributed by atoms with van der Waals surface area (Å²) in [7, 11) is 0. The van der Waals surface area contributed by atoms with E-state index in [9.17, 15) is 9.59 Å². The zero-order valence-corrected chi connectivity index (χ0v) is 16.0. The monoisotopic (exact) mass is 377 g/mol. The Kier molecular flexibility index (Phi) is 4.77. The van der Waals surface area contributed by atoms with Crippen LogP contribution in [0.25, 0.3) is 10.9 Å². The molecule has 4 rings (SSSR count). The molecule has 1 atom stereocenters. The fourth-order valence-electron chi connectivity index (χ4n) is 3.64. The second-order valence-corrected chi connectivity index (χ2v) is 6.90. The molecule has 2 amide bonds. The Morgan fingerprint density at radius 3 is 2.79 bits per heavy atom. The maximum absolute atomic E-state index is 13.0. The van der Waals surface area contributed by atoms with Gasteiger partial charge in [-0.2, -0.15) is 0 Å². The summed E-state index contributed by atoms with van der Waals surface area (Å²) in [6.45, 7) is 5.75. The summed E-state index contributed by atoms with van der Waals surface area (Å²) in [5, 5.41) is 4.03. The van der Waals surface area contributed by atoms with E-state index in [2.05, 4.69) is 16.8 Å². The minimum Gasteiger partial charge on any atom is -0.447 e. The first-order chi connectivity index (χ1) is 13.6. The van der Waals surface area contributed by atoms with Crippen LogP contribution >= 0.6 is 0 Å². The van der Waals surface area contributed by atoms with Gasteiger partial charge < -0.3 is 14.6 Å². The first-order valence-corrected chi connectivity index (χ1v) is 9.51. The second-order valence-electron chi connectivity index (χ2n) is 6.90. The number of fused-ring (bicyclic) bond motifs is 1. The van der Waals surface area contributed by atoms with Crippen LogP contribution in [0.4, 0.5) is 10.5 Å². The highest BCUT2D eigenvalue weighted by molar-refractivity contribution is 6.07. The number of para-hydroxylation sites is 1. The van der Waals surface area contributed by atoms with Crippen molar-refractivity contribution in [3.8, 4) is 0 Å². The van der Waals surface area contributed by atoms with Crippen molar-refractivity contribution in [1.82, 2.24) is 9.88 Å². The van der Waals surface area contributed by atoms with Crippen molar-refractivity contribution < 1.29 is 14.3 Å². The van der Waals surface area contributed by atoms with Crippen molar-refractivity contribution in [3.63, 3.8) is 0 Å². The lowest BCUT2D eigenvalue weighted by Crippen LogP contribution is -2.27. The van der Waals surface area contributed by atoms with Gasteiger partial charge in [0, 0.05) is 29.3 Å². The van der Waals surface area contributed by atoms with Gasteiger partial charge in [0.15, 0.2) is 0 Å².